The molecule has 2 fully saturated rings. The third-order valence-corrected chi connectivity index (χ3v) is 13.6. The molecule has 2 saturated heterocycles. The van der Waals surface area contributed by atoms with Crippen LogP contribution in [0.3, 0.4) is 0 Å². The fourth-order valence-electron chi connectivity index (χ4n) is 9.78. The molecule has 10 heteroatoms. The summed E-state index contributed by atoms with van der Waals surface area (Å²) in [6.07, 6.45) is 3.79. The first-order valence-corrected chi connectivity index (χ1v) is 21.6. The second kappa shape index (κ2) is 15.9. The quantitative estimate of drug-likeness (QED) is 0.151. The predicted octanol–water partition coefficient (Wildman–Crippen LogP) is 10.2. The minimum atomic E-state index is -0.885. The molecule has 0 bridgehead atoms. The van der Waals surface area contributed by atoms with E-state index in [9.17, 15) is 14.4 Å². The van der Waals surface area contributed by atoms with Crippen LogP contribution in [-0.2, 0) is 20.7 Å². The fraction of sp³-hybridized carbons (Fsp3) is 0.380. The Labute approximate surface area is 351 Å². The molecule has 0 spiro atoms. The summed E-state index contributed by atoms with van der Waals surface area (Å²) in [5.74, 6) is 1.40. The molecule has 0 radical (unpaired) electrons. The molecule has 1 aromatic heterocycles. The number of aromatic nitrogens is 2. The third-order valence-electron chi connectivity index (χ3n) is 13.6. The topological polar surface area (TPSA) is 120 Å². The van der Waals surface area contributed by atoms with Crippen LogP contribution in [0.25, 0.3) is 43.7 Å². The maximum absolute atomic E-state index is 14.3. The Morgan fingerprint density at radius 1 is 0.867 bits per heavy atom. The van der Waals surface area contributed by atoms with Crippen molar-refractivity contribution in [2.45, 2.75) is 90.9 Å². The fourth-order valence-corrected chi connectivity index (χ4v) is 9.78. The van der Waals surface area contributed by atoms with E-state index in [0.717, 1.165) is 82.3 Å². The average Bonchev–Trinajstić information content (AvgIpc) is 4.09. The number of carbonyl (C=O) groups is 3. The van der Waals surface area contributed by atoms with E-state index in [1.807, 2.05) is 35.2 Å². The second-order valence-corrected chi connectivity index (χ2v) is 17.5. The van der Waals surface area contributed by atoms with Crippen LogP contribution in [-0.4, -0.2) is 69.1 Å². The Kier molecular flexibility index (Phi) is 10.4. The molecule has 2 N–H and O–H groups in total. The van der Waals surface area contributed by atoms with Crippen LogP contribution in [0.2, 0.25) is 0 Å². The lowest BCUT2D eigenvalue weighted by atomic mass is 9.93. The van der Waals surface area contributed by atoms with Crippen molar-refractivity contribution in [3.63, 3.8) is 0 Å². The third kappa shape index (κ3) is 6.99. The van der Waals surface area contributed by atoms with Gasteiger partial charge in [-0.2, -0.15) is 0 Å². The number of fused-ring (bicyclic) bond motifs is 6. The first kappa shape index (κ1) is 39.4. The number of nitrogens with one attached hydrogen (secondary N) is 2. The van der Waals surface area contributed by atoms with Crippen LogP contribution in [0.5, 0.6) is 0 Å². The maximum Gasteiger partial charge on any atom is 0.407 e. The van der Waals surface area contributed by atoms with E-state index >= 15 is 0 Å². The number of amides is 3. The second-order valence-electron chi connectivity index (χ2n) is 17.5. The minimum Gasteiger partial charge on any atom is -0.453 e. The number of alkyl carbamates (subject to hydrolysis) is 1. The van der Waals surface area contributed by atoms with Gasteiger partial charge in [0.25, 0.3) is 5.91 Å². The molecule has 3 amide bonds. The standard InChI is InChI=1S/C50H54N6O4/c1-7-31-23-44(55(27-31)49(58)45(54-50(59)60-6)32-11-9-8-10-12-32)47-52-41-21-17-36-25-34(15-19-38(36)46(41)53-47)33-14-18-37-35(24-33)16-20-40-39(37)26-42(51-40)43-22-13-29(4)56(43)48(57)30(5)28(2)3/h8-12,14-21,24-25,28-31,43-45H,7,13,22-23,26-27H2,1-6H3,(H,52,53)(H,54,59)/t29-,30-,31-,43-,44-,45+/m0/s1. The highest BCUT2D eigenvalue weighted by Gasteiger charge is 2.42. The van der Waals surface area contributed by atoms with E-state index in [-0.39, 0.29) is 35.9 Å². The van der Waals surface area contributed by atoms with Gasteiger partial charge in [0.1, 0.15) is 11.9 Å². The number of carbonyl (C=O) groups excluding carboxylic acids is 3. The van der Waals surface area contributed by atoms with Crippen molar-refractivity contribution in [3.05, 3.63) is 108 Å². The van der Waals surface area contributed by atoms with Gasteiger partial charge in [0.2, 0.25) is 5.91 Å². The van der Waals surface area contributed by atoms with Gasteiger partial charge in [0.15, 0.2) is 0 Å². The summed E-state index contributed by atoms with van der Waals surface area (Å²) < 4.78 is 4.91. The van der Waals surface area contributed by atoms with Gasteiger partial charge in [0.05, 0.1) is 35.9 Å². The molecule has 4 heterocycles. The van der Waals surface area contributed by atoms with Crippen LogP contribution in [0.1, 0.15) is 89.3 Å². The summed E-state index contributed by atoms with van der Waals surface area (Å²) >= 11 is 0. The molecular formula is C50H54N6O4. The Balaban J connectivity index is 0.977. The van der Waals surface area contributed by atoms with Crippen molar-refractivity contribution in [1.82, 2.24) is 25.1 Å². The molecule has 0 aliphatic carbocycles. The molecule has 5 aromatic carbocycles. The van der Waals surface area contributed by atoms with Crippen molar-refractivity contribution in [1.29, 1.82) is 0 Å². The van der Waals surface area contributed by atoms with Crippen LogP contribution in [0.15, 0.2) is 96.0 Å². The predicted molar refractivity (Wildman–Crippen MR) is 238 cm³/mol. The average molecular weight is 803 g/mol. The summed E-state index contributed by atoms with van der Waals surface area (Å²) in [5.41, 5.74) is 8.12. The lowest BCUT2D eigenvalue weighted by Crippen LogP contribution is -2.47. The van der Waals surface area contributed by atoms with E-state index in [0.29, 0.717) is 23.9 Å². The number of aliphatic imine (C=N–C) groups is 1. The largest absolute Gasteiger partial charge is 0.453 e. The van der Waals surface area contributed by atoms with Gasteiger partial charge in [-0.15, -0.1) is 0 Å². The minimum absolute atomic E-state index is 0.0128. The highest BCUT2D eigenvalue weighted by Crippen LogP contribution is 2.41. The molecule has 60 heavy (non-hydrogen) atoms. The van der Waals surface area contributed by atoms with E-state index in [1.165, 1.54) is 23.4 Å². The van der Waals surface area contributed by atoms with E-state index in [4.69, 9.17) is 14.7 Å². The van der Waals surface area contributed by atoms with E-state index in [2.05, 4.69) is 110 Å². The van der Waals surface area contributed by atoms with Crippen LogP contribution in [0, 0.1) is 17.8 Å². The SMILES string of the molecule is CC[C@H]1C[C@@H](c2nc3c(ccc4cc(-c5ccc6c7c(ccc6c5)N=C([C@@H]5CC[C@H](C)N5C(=O)[C@@H](C)C(C)C)C7)ccc43)[nH]2)N(C(=O)[C@H](NC(=O)OC)c2ccccc2)C1. The normalized spacial score (nSPS) is 21.1. The number of hydrogen-bond donors (Lipinski definition) is 2. The van der Waals surface area contributed by atoms with Crippen LogP contribution in [0.4, 0.5) is 10.5 Å². The van der Waals surface area contributed by atoms with Gasteiger partial charge in [-0.3, -0.25) is 14.6 Å². The van der Waals surface area contributed by atoms with Crippen molar-refractivity contribution >= 4 is 61.9 Å². The van der Waals surface area contributed by atoms with Crippen molar-refractivity contribution in [2.75, 3.05) is 13.7 Å². The zero-order valence-electron chi connectivity index (χ0n) is 35.4. The number of hydrogen-bond acceptors (Lipinski definition) is 6. The van der Waals surface area contributed by atoms with Crippen molar-refractivity contribution in [2.24, 2.45) is 22.7 Å². The lowest BCUT2D eigenvalue weighted by Gasteiger charge is -2.32. The number of nitrogens with zero attached hydrogens (tertiary/aromatic N) is 4. The first-order chi connectivity index (χ1) is 29.0. The monoisotopic (exact) mass is 802 g/mol. The van der Waals surface area contributed by atoms with Crippen molar-refractivity contribution < 1.29 is 19.1 Å². The number of aromatic amines is 1. The number of ether oxygens (including phenoxy) is 1. The summed E-state index contributed by atoms with van der Waals surface area (Å²) in [7, 11) is 1.30. The number of likely N-dealkylation sites (tertiary alicyclic amines) is 2. The molecule has 10 nitrogen and oxygen atoms in total. The van der Waals surface area contributed by atoms with E-state index in [1.54, 1.807) is 0 Å². The van der Waals surface area contributed by atoms with Gasteiger partial charge in [-0.1, -0.05) is 101 Å². The summed E-state index contributed by atoms with van der Waals surface area (Å²) in [4.78, 5) is 58.3. The molecule has 6 atom stereocenters. The number of methoxy groups -OCH3 is 1. The van der Waals surface area contributed by atoms with Gasteiger partial charge >= 0.3 is 6.09 Å². The molecule has 9 rings (SSSR count). The molecule has 308 valence electrons. The molecule has 0 saturated carbocycles. The van der Waals surface area contributed by atoms with Crippen molar-refractivity contribution in [3.8, 4) is 11.1 Å². The van der Waals surface area contributed by atoms with Gasteiger partial charge in [-0.25, -0.2) is 9.78 Å². The molecule has 0 unspecified atom stereocenters. The van der Waals surface area contributed by atoms with Gasteiger partial charge in [0, 0.05) is 36.0 Å². The van der Waals surface area contributed by atoms with E-state index < -0.39 is 12.1 Å². The molecule has 3 aliphatic rings. The number of rotatable bonds is 9. The Bertz CT molecular complexity index is 2670. The summed E-state index contributed by atoms with van der Waals surface area (Å²) in [6, 6.07) is 30.2. The van der Waals surface area contributed by atoms with Crippen LogP contribution >= 0.6 is 0 Å². The van der Waals surface area contributed by atoms with Gasteiger partial charge in [-0.05, 0) is 101 Å². The maximum atomic E-state index is 14.3. The Morgan fingerprint density at radius 3 is 2.30 bits per heavy atom. The number of imidazole rings is 1. The molecule has 6 aromatic rings. The number of benzene rings is 5. The number of H-pyrrole nitrogens is 1. The van der Waals surface area contributed by atoms with Gasteiger partial charge < -0.3 is 24.8 Å². The smallest absolute Gasteiger partial charge is 0.407 e. The lowest BCUT2D eigenvalue weighted by molar-refractivity contribution is -0.138. The van der Waals surface area contributed by atoms with Crippen LogP contribution < -0.4 is 5.32 Å². The molecule has 3 aliphatic heterocycles. The zero-order chi connectivity index (χ0) is 41.8. The summed E-state index contributed by atoms with van der Waals surface area (Å²) in [5, 5.41) is 7.28. The Hall–Kier alpha value is -6.03. The Morgan fingerprint density at radius 2 is 1.58 bits per heavy atom. The molecular weight excluding hydrogens is 749 g/mol. The summed E-state index contributed by atoms with van der Waals surface area (Å²) in [6.45, 7) is 11.2. The first-order valence-electron chi connectivity index (χ1n) is 21.6. The highest BCUT2D eigenvalue weighted by molar-refractivity contribution is 6.07. The highest BCUT2D eigenvalue weighted by atomic mass is 16.5. The zero-order valence-corrected chi connectivity index (χ0v) is 35.4.